The van der Waals surface area contributed by atoms with E-state index in [2.05, 4.69) is 43.8 Å². The largest absolute Gasteiger partial charge is 0.422 e. The molecule has 0 aliphatic heterocycles. The van der Waals surface area contributed by atoms with Gasteiger partial charge in [0, 0.05) is 19.1 Å². The fourth-order valence-electron chi connectivity index (χ4n) is 2.21. The third-order valence-corrected chi connectivity index (χ3v) is 4.54. The molecule has 4 nitrogen and oxygen atoms in total. The van der Waals surface area contributed by atoms with Gasteiger partial charge in [-0.1, -0.05) is 15.9 Å². The quantitative estimate of drug-likeness (QED) is 0.423. The SMILES string of the molecule is Cc1cc(I)ccc1NC(=O)c1cc2cc(Br)ccc2oc1=O. The Balaban J connectivity index is 2.00. The Morgan fingerprint density at radius 2 is 1.96 bits per heavy atom. The van der Waals surface area contributed by atoms with Crippen molar-refractivity contribution in [1.82, 2.24) is 0 Å². The first kappa shape index (κ1) is 16.2. The number of benzene rings is 2. The normalized spacial score (nSPS) is 10.7. The summed E-state index contributed by atoms with van der Waals surface area (Å²) in [5.41, 5.74) is 1.37. The highest BCUT2D eigenvalue weighted by molar-refractivity contribution is 14.1. The minimum Gasteiger partial charge on any atom is -0.422 e. The minimum atomic E-state index is -0.652. The maximum absolute atomic E-state index is 12.4. The van der Waals surface area contributed by atoms with E-state index in [1.807, 2.05) is 25.1 Å². The fourth-order valence-corrected chi connectivity index (χ4v) is 3.24. The summed E-state index contributed by atoms with van der Waals surface area (Å²) in [6, 6.07) is 12.5. The number of rotatable bonds is 2. The molecule has 0 bridgehead atoms. The summed E-state index contributed by atoms with van der Waals surface area (Å²) >= 11 is 5.56. The van der Waals surface area contributed by atoms with E-state index < -0.39 is 11.5 Å². The summed E-state index contributed by atoms with van der Waals surface area (Å²) in [6.07, 6.45) is 0. The van der Waals surface area contributed by atoms with E-state index in [0.717, 1.165) is 13.6 Å². The van der Waals surface area contributed by atoms with Crippen LogP contribution in [0.2, 0.25) is 0 Å². The van der Waals surface area contributed by atoms with Crippen LogP contribution in [0.4, 0.5) is 5.69 Å². The minimum absolute atomic E-state index is 0.0199. The zero-order valence-corrected chi connectivity index (χ0v) is 15.8. The summed E-state index contributed by atoms with van der Waals surface area (Å²) < 4.78 is 7.14. The molecule has 0 aliphatic carbocycles. The van der Waals surface area contributed by atoms with Crippen molar-refractivity contribution in [3.8, 4) is 0 Å². The van der Waals surface area contributed by atoms with Crippen LogP contribution in [0.1, 0.15) is 15.9 Å². The van der Waals surface area contributed by atoms with Crippen LogP contribution in [-0.2, 0) is 0 Å². The van der Waals surface area contributed by atoms with Gasteiger partial charge in [-0.3, -0.25) is 4.79 Å². The zero-order valence-electron chi connectivity index (χ0n) is 12.0. The molecule has 23 heavy (non-hydrogen) atoms. The molecule has 0 fully saturated rings. The van der Waals surface area contributed by atoms with Crippen molar-refractivity contribution in [3.05, 3.63) is 72.1 Å². The number of hydrogen-bond acceptors (Lipinski definition) is 3. The smallest absolute Gasteiger partial charge is 0.349 e. The molecule has 1 heterocycles. The average Bonchev–Trinajstić information content (AvgIpc) is 2.49. The Bertz CT molecular complexity index is 981. The van der Waals surface area contributed by atoms with Crippen LogP contribution < -0.4 is 10.9 Å². The van der Waals surface area contributed by atoms with Gasteiger partial charge in [-0.25, -0.2) is 4.79 Å². The van der Waals surface area contributed by atoms with E-state index in [0.29, 0.717) is 16.7 Å². The van der Waals surface area contributed by atoms with Crippen LogP contribution in [0.5, 0.6) is 0 Å². The van der Waals surface area contributed by atoms with Gasteiger partial charge >= 0.3 is 5.63 Å². The molecule has 116 valence electrons. The van der Waals surface area contributed by atoms with Gasteiger partial charge in [-0.2, -0.15) is 0 Å². The predicted octanol–water partition coefficient (Wildman–Crippen LogP) is 4.72. The summed E-state index contributed by atoms with van der Waals surface area (Å²) in [4.78, 5) is 24.5. The Morgan fingerprint density at radius 1 is 1.17 bits per heavy atom. The van der Waals surface area contributed by atoms with Crippen molar-refractivity contribution in [3.63, 3.8) is 0 Å². The number of aryl methyl sites for hydroxylation is 1. The van der Waals surface area contributed by atoms with Gasteiger partial charge in [0.1, 0.15) is 11.1 Å². The molecule has 1 N–H and O–H groups in total. The Hall–Kier alpha value is -1.67. The van der Waals surface area contributed by atoms with E-state index in [1.165, 1.54) is 0 Å². The van der Waals surface area contributed by atoms with Crippen LogP contribution in [-0.4, -0.2) is 5.91 Å². The first-order chi connectivity index (χ1) is 10.9. The Labute approximate surface area is 154 Å². The Kier molecular flexibility index (Phi) is 4.54. The van der Waals surface area contributed by atoms with E-state index in [1.54, 1.807) is 24.3 Å². The second kappa shape index (κ2) is 6.45. The van der Waals surface area contributed by atoms with E-state index in [9.17, 15) is 9.59 Å². The lowest BCUT2D eigenvalue weighted by atomic mass is 10.1. The van der Waals surface area contributed by atoms with Crippen molar-refractivity contribution in [2.75, 3.05) is 5.32 Å². The standard InChI is InChI=1S/C17H11BrINO3/c1-9-6-12(19)3-4-14(9)20-16(21)13-8-10-7-11(18)2-5-15(10)23-17(13)22/h2-8H,1H3,(H,20,21). The summed E-state index contributed by atoms with van der Waals surface area (Å²) in [7, 11) is 0. The molecule has 3 aromatic rings. The van der Waals surface area contributed by atoms with Gasteiger partial charge in [0.25, 0.3) is 5.91 Å². The molecular weight excluding hydrogens is 473 g/mol. The molecule has 6 heteroatoms. The lowest BCUT2D eigenvalue weighted by molar-refractivity contribution is 0.102. The molecule has 0 aliphatic rings. The van der Waals surface area contributed by atoms with Crippen LogP contribution in [0, 0.1) is 10.5 Å². The van der Waals surface area contributed by atoms with Crippen molar-refractivity contribution < 1.29 is 9.21 Å². The summed E-state index contributed by atoms with van der Waals surface area (Å²) in [5.74, 6) is -0.482. The topological polar surface area (TPSA) is 59.3 Å². The zero-order chi connectivity index (χ0) is 16.6. The number of nitrogens with one attached hydrogen (secondary N) is 1. The molecule has 1 aromatic heterocycles. The van der Waals surface area contributed by atoms with Crippen LogP contribution in [0.3, 0.4) is 0 Å². The van der Waals surface area contributed by atoms with E-state index in [4.69, 9.17) is 4.42 Å². The van der Waals surface area contributed by atoms with Crippen molar-refractivity contribution >= 4 is 61.1 Å². The van der Waals surface area contributed by atoms with Gasteiger partial charge in [-0.05, 0) is 77.5 Å². The van der Waals surface area contributed by atoms with Crippen LogP contribution >= 0.6 is 38.5 Å². The average molecular weight is 484 g/mol. The fraction of sp³-hybridized carbons (Fsp3) is 0.0588. The lowest BCUT2D eigenvalue weighted by Gasteiger charge is -2.08. The van der Waals surface area contributed by atoms with Crippen LogP contribution in [0.25, 0.3) is 11.0 Å². The molecule has 0 saturated heterocycles. The summed E-state index contributed by atoms with van der Waals surface area (Å²) in [6.45, 7) is 1.90. The van der Waals surface area contributed by atoms with Crippen molar-refractivity contribution in [1.29, 1.82) is 0 Å². The number of fused-ring (bicyclic) bond motifs is 1. The number of carbonyl (C=O) groups excluding carboxylic acids is 1. The predicted molar refractivity (Wildman–Crippen MR) is 102 cm³/mol. The maximum atomic E-state index is 12.4. The molecule has 0 atom stereocenters. The monoisotopic (exact) mass is 483 g/mol. The van der Waals surface area contributed by atoms with Gasteiger partial charge in [0.2, 0.25) is 0 Å². The summed E-state index contributed by atoms with van der Waals surface area (Å²) in [5, 5.41) is 3.44. The van der Waals surface area contributed by atoms with Gasteiger partial charge in [-0.15, -0.1) is 0 Å². The number of amides is 1. The Morgan fingerprint density at radius 3 is 2.70 bits per heavy atom. The first-order valence-corrected chi connectivity index (χ1v) is 8.62. The number of carbonyl (C=O) groups is 1. The van der Waals surface area contributed by atoms with E-state index >= 15 is 0 Å². The second-order valence-corrected chi connectivity index (χ2v) is 7.20. The molecule has 0 radical (unpaired) electrons. The molecule has 0 saturated carbocycles. The first-order valence-electron chi connectivity index (χ1n) is 6.75. The second-order valence-electron chi connectivity index (χ2n) is 5.04. The number of anilines is 1. The third kappa shape index (κ3) is 3.48. The number of halogens is 2. The molecule has 3 rings (SSSR count). The van der Waals surface area contributed by atoms with Gasteiger partial charge in [0.05, 0.1) is 0 Å². The van der Waals surface area contributed by atoms with E-state index in [-0.39, 0.29) is 5.56 Å². The highest BCUT2D eigenvalue weighted by atomic mass is 127. The van der Waals surface area contributed by atoms with Gasteiger partial charge in [0.15, 0.2) is 0 Å². The molecular formula is C17H11BrINO3. The molecule has 0 spiro atoms. The lowest BCUT2D eigenvalue weighted by Crippen LogP contribution is -2.21. The van der Waals surface area contributed by atoms with Crippen molar-refractivity contribution in [2.45, 2.75) is 6.92 Å². The van der Waals surface area contributed by atoms with Crippen LogP contribution in [0.15, 0.2) is 56.1 Å². The van der Waals surface area contributed by atoms with Crippen molar-refractivity contribution in [2.24, 2.45) is 0 Å². The van der Waals surface area contributed by atoms with Gasteiger partial charge < -0.3 is 9.73 Å². The highest BCUT2D eigenvalue weighted by Crippen LogP contribution is 2.21. The molecule has 1 amide bonds. The molecule has 0 unspecified atom stereocenters. The maximum Gasteiger partial charge on any atom is 0.349 e. The molecule has 2 aromatic carbocycles. The number of hydrogen-bond donors (Lipinski definition) is 1. The third-order valence-electron chi connectivity index (χ3n) is 3.38. The highest BCUT2D eigenvalue weighted by Gasteiger charge is 2.15.